The van der Waals surface area contributed by atoms with Gasteiger partial charge in [-0.25, -0.2) is 0 Å². The third-order valence-electron chi connectivity index (χ3n) is 3.87. The van der Waals surface area contributed by atoms with Crippen molar-refractivity contribution in [2.24, 2.45) is 0 Å². The first-order chi connectivity index (χ1) is 12.8. The van der Waals surface area contributed by atoms with E-state index in [4.69, 9.17) is 16.3 Å². The van der Waals surface area contributed by atoms with E-state index in [2.05, 4.69) is 5.32 Å². The van der Waals surface area contributed by atoms with Crippen molar-refractivity contribution < 1.29 is 19.2 Å². The maximum Gasteiger partial charge on any atom is 0.308 e. The first-order valence-corrected chi connectivity index (χ1v) is 8.66. The molecular weight excluding hydrogens is 372 g/mol. The molecule has 8 heteroatoms. The second-order valence-corrected chi connectivity index (χ2v) is 6.28. The summed E-state index contributed by atoms with van der Waals surface area (Å²) in [5.74, 6) is -1.00. The van der Waals surface area contributed by atoms with Crippen molar-refractivity contribution in [1.29, 1.82) is 0 Å². The molecule has 0 radical (unpaired) electrons. The number of benzene rings is 2. The number of hydrogen-bond donors (Lipinski definition) is 1. The standard InChI is InChI=1S/C19H19ClN2O5/c1-3-27-18(23)11-16(13-6-4-12(2)5-7-13)21-19(24)14-8-9-15(20)17(10-14)22(25)26/h4-10,16H,3,11H2,1-2H3,(H,21,24)/t16-/m0/s1. The molecule has 0 aliphatic rings. The molecule has 2 aromatic carbocycles. The predicted octanol–water partition coefficient (Wildman–Crippen LogP) is 3.98. The summed E-state index contributed by atoms with van der Waals surface area (Å²) >= 11 is 5.78. The van der Waals surface area contributed by atoms with Crippen LogP contribution in [0.25, 0.3) is 0 Å². The first-order valence-electron chi connectivity index (χ1n) is 8.28. The molecule has 0 aromatic heterocycles. The van der Waals surface area contributed by atoms with Gasteiger partial charge in [0.25, 0.3) is 11.6 Å². The number of carbonyl (C=O) groups is 2. The van der Waals surface area contributed by atoms with Gasteiger partial charge in [-0.2, -0.15) is 0 Å². The summed E-state index contributed by atoms with van der Waals surface area (Å²) in [5, 5.41) is 13.7. The lowest BCUT2D eigenvalue weighted by Crippen LogP contribution is -2.30. The van der Waals surface area contributed by atoms with Crippen LogP contribution in [0.2, 0.25) is 5.02 Å². The van der Waals surface area contributed by atoms with E-state index in [1.165, 1.54) is 12.1 Å². The molecule has 1 amide bonds. The van der Waals surface area contributed by atoms with Gasteiger partial charge in [0.15, 0.2) is 0 Å². The number of carbonyl (C=O) groups excluding carboxylic acids is 2. The van der Waals surface area contributed by atoms with Gasteiger partial charge in [0.2, 0.25) is 0 Å². The molecule has 0 aliphatic carbocycles. The number of halogens is 1. The van der Waals surface area contributed by atoms with E-state index in [1.807, 2.05) is 31.2 Å². The molecule has 1 N–H and O–H groups in total. The summed E-state index contributed by atoms with van der Waals surface area (Å²) in [4.78, 5) is 34.9. The van der Waals surface area contributed by atoms with E-state index < -0.39 is 22.8 Å². The monoisotopic (exact) mass is 390 g/mol. The van der Waals surface area contributed by atoms with Crippen molar-refractivity contribution in [1.82, 2.24) is 5.32 Å². The second-order valence-electron chi connectivity index (χ2n) is 5.87. The Kier molecular flexibility index (Phi) is 6.90. The van der Waals surface area contributed by atoms with Crippen LogP contribution in [0.15, 0.2) is 42.5 Å². The average molecular weight is 391 g/mol. The Labute approximate surface area is 161 Å². The van der Waals surface area contributed by atoms with Crippen molar-refractivity contribution in [3.8, 4) is 0 Å². The largest absolute Gasteiger partial charge is 0.466 e. The molecule has 7 nitrogen and oxygen atoms in total. The van der Waals surface area contributed by atoms with Gasteiger partial charge in [-0.1, -0.05) is 41.4 Å². The highest BCUT2D eigenvalue weighted by atomic mass is 35.5. The molecular formula is C19H19ClN2O5. The SMILES string of the molecule is CCOC(=O)C[C@H](NC(=O)c1ccc(Cl)c([N+](=O)[O-])c1)c1ccc(C)cc1. The molecule has 0 aliphatic heterocycles. The average Bonchev–Trinajstić information content (AvgIpc) is 2.62. The Balaban J connectivity index is 2.27. The van der Waals surface area contributed by atoms with E-state index in [9.17, 15) is 19.7 Å². The number of esters is 1. The van der Waals surface area contributed by atoms with Crippen LogP contribution in [0.4, 0.5) is 5.69 Å². The summed E-state index contributed by atoms with van der Waals surface area (Å²) < 4.78 is 4.97. The zero-order chi connectivity index (χ0) is 20.0. The Bertz CT molecular complexity index is 852. The van der Waals surface area contributed by atoms with E-state index in [0.717, 1.165) is 17.2 Å². The van der Waals surface area contributed by atoms with Crippen LogP contribution in [0.3, 0.4) is 0 Å². The minimum absolute atomic E-state index is 0.0572. The summed E-state index contributed by atoms with van der Waals surface area (Å²) in [7, 11) is 0. The van der Waals surface area contributed by atoms with Gasteiger partial charge in [0, 0.05) is 11.6 Å². The highest BCUT2D eigenvalue weighted by Crippen LogP contribution is 2.26. The molecule has 0 spiro atoms. The van der Waals surface area contributed by atoms with Crippen molar-refractivity contribution in [3.63, 3.8) is 0 Å². The lowest BCUT2D eigenvalue weighted by atomic mass is 10.0. The van der Waals surface area contributed by atoms with Crippen LogP contribution in [0.5, 0.6) is 0 Å². The van der Waals surface area contributed by atoms with Crippen LogP contribution in [0, 0.1) is 17.0 Å². The highest BCUT2D eigenvalue weighted by Gasteiger charge is 2.22. The molecule has 0 unspecified atom stereocenters. The van der Waals surface area contributed by atoms with Crippen molar-refractivity contribution >= 4 is 29.2 Å². The van der Waals surface area contributed by atoms with Crippen LogP contribution in [-0.2, 0) is 9.53 Å². The maximum atomic E-state index is 12.6. The van der Waals surface area contributed by atoms with Crippen LogP contribution in [-0.4, -0.2) is 23.4 Å². The zero-order valence-electron chi connectivity index (χ0n) is 14.9. The van der Waals surface area contributed by atoms with Crippen molar-refractivity contribution in [3.05, 3.63) is 74.3 Å². The molecule has 0 fully saturated rings. The van der Waals surface area contributed by atoms with E-state index in [-0.39, 0.29) is 29.3 Å². The number of nitrogens with zero attached hydrogens (tertiary/aromatic N) is 1. The Morgan fingerprint density at radius 3 is 2.48 bits per heavy atom. The van der Waals surface area contributed by atoms with Gasteiger partial charge in [-0.15, -0.1) is 0 Å². The van der Waals surface area contributed by atoms with Crippen molar-refractivity contribution in [2.45, 2.75) is 26.3 Å². The molecule has 0 saturated heterocycles. The fourth-order valence-corrected chi connectivity index (χ4v) is 2.66. The summed E-state index contributed by atoms with van der Waals surface area (Å²) in [5.41, 5.74) is 1.48. The van der Waals surface area contributed by atoms with Gasteiger partial charge in [0.1, 0.15) is 5.02 Å². The summed E-state index contributed by atoms with van der Waals surface area (Å²) in [6.07, 6.45) is -0.0572. The number of nitro benzene ring substituents is 1. The lowest BCUT2D eigenvalue weighted by Gasteiger charge is -2.19. The number of nitrogens with one attached hydrogen (secondary N) is 1. The Morgan fingerprint density at radius 1 is 1.22 bits per heavy atom. The Morgan fingerprint density at radius 2 is 1.89 bits per heavy atom. The number of aryl methyl sites for hydroxylation is 1. The zero-order valence-corrected chi connectivity index (χ0v) is 15.7. The number of nitro groups is 1. The van der Waals surface area contributed by atoms with Crippen molar-refractivity contribution in [2.75, 3.05) is 6.61 Å². The molecule has 2 rings (SSSR count). The summed E-state index contributed by atoms with van der Waals surface area (Å²) in [6, 6.07) is 10.5. The summed E-state index contributed by atoms with van der Waals surface area (Å²) in [6.45, 7) is 3.86. The normalized spacial score (nSPS) is 11.5. The number of hydrogen-bond acceptors (Lipinski definition) is 5. The second kappa shape index (κ2) is 9.14. The third kappa shape index (κ3) is 5.52. The van der Waals surface area contributed by atoms with Gasteiger partial charge >= 0.3 is 5.97 Å². The first kappa shape index (κ1) is 20.4. The van der Waals surface area contributed by atoms with Gasteiger partial charge in [-0.3, -0.25) is 19.7 Å². The Hall–Kier alpha value is -2.93. The smallest absolute Gasteiger partial charge is 0.308 e. The molecule has 1 atom stereocenters. The number of ether oxygens (including phenoxy) is 1. The van der Waals surface area contributed by atoms with E-state index in [1.54, 1.807) is 6.92 Å². The molecule has 0 saturated carbocycles. The molecule has 27 heavy (non-hydrogen) atoms. The van der Waals surface area contributed by atoms with Gasteiger partial charge in [0.05, 0.1) is 24.0 Å². The fourth-order valence-electron chi connectivity index (χ4n) is 2.47. The van der Waals surface area contributed by atoms with Gasteiger partial charge in [-0.05, 0) is 31.5 Å². The quantitative estimate of drug-likeness (QED) is 0.438. The number of rotatable bonds is 7. The molecule has 2 aromatic rings. The lowest BCUT2D eigenvalue weighted by molar-refractivity contribution is -0.384. The minimum Gasteiger partial charge on any atom is -0.466 e. The third-order valence-corrected chi connectivity index (χ3v) is 4.19. The molecule has 0 bridgehead atoms. The molecule has 142 valence electrons. The number of amides is 1. The van der Waals surface area contributed by atoms with Crippen LogP contribution >= 0.6 is 11.6 Å². The minimum atomic E-state index is -0.658. The maximum absolute atomic E-state index is 12.6. The predicted molar refractivity (Wildman–Crippen MR) is 101 cm³/mol. The van der Waals surface area contributed by atoms with Crippen LogP contribution in [0.1, 0.15) is 40.9 Å². The topological polar surface area (TPSA) is 98.5 Å². The molecule has 0 heterocycles. The van der Waals surface area contributed by atoms with E-state index >= 15 is 0 Å². The van der Waals surface area contributed by atoms with Crippen LogP contribution < -0.4 is 5.32 Å². The fraction of sp³-hybridized carbons (Fsp3) is 0.263. The van der Waals surface area contributed by atoms with E-state index in [0.29, 0.717) is 0 Å². The highest BCUT2D eigenvalue weighted by molar-refractivity contribution is 6.32. The van der Waals surface area contributed by atoms with Gasteiger partial charge < -0.3 is 10.1 Å².